The summed E-state index contributed by atoms with van der Waals surface area (Å²) in [5.41, 5.74) is 3.15. The fourth-order valence-electron chi connectivity index (χ4n) is 3.17. The van der Waals surface area contributed by atoms with Gasteiger partial charge in [-0.25, -0.2) is 0 Å². The van der Waals surface area contributed by atoms with Gasteiger partial charge in [-0.15, -0.1) is 0 Å². The lowest BCUT2D eigenvalue weighted by Gasteiger charge is -2.28. The Kier molecular flexibility index (Phi) is 6.19. The second kappa shape index (κ2) is 8.78. The number of benzene rings is 2. The van der Waals surface area contributed by atoms with Gasteiger partial charge < -0.3 is 19.7 Å². The highest BCUT2D eigenvalue weighted by Gasteiger charge is 2.25. The van der Waals surface area contributed by atoms with Crippen molar-refractivity contribution < 1.29 is 19.1 Å². The summed E-state index contributed by atoms with van der Waals surface area (Å²) in [6, 6.07) is 13.2. The van der Waals surface area contributed by atoms with Gasteiger partial charge in [0.25, 0.3) is 0 Å². The van der Waals surface area contributed by atoms with Gasteiger partial charge in [-0.05, 0) is 43.5 Å². The van der Waals surface area contributed by atoms with Crippen molar-refractivity contribution in [2.75, 3.05) is 13.8 Å². The molecule has 2 amide bonds. The van der Waals surface area contributed by atoms with Crippen LogP contribution in [0.1, 0.15) is 30.0 Å². The minimum Gasteiger partial charge on any atom is -0.454 e. The lowest BCUT2D eigenvalue weighted by molar-refractivity contribution is -0.140. The van der Waals surface area contributed by atoms with Crippen LogP contribution in [0.5, 0.6) is 11.5 Å². The molecule has 1 heterocycles. The first-order valence-corrected chi connectivity index (χ1v) is 9.43. The third-order valence-corrected chi connectivity index (χ3v) is 4.95. The van der Waals surface area contributed by atoms with E-state index < -0.39 is 6.04 Å². The van der Waals surface area contributed by atoms with Crippen molar-refractivity contribution >= 4 is 11.8 Å². The number of fused-ring (bicyclic) bond motifs is 1. The van der Waals surface area contributed by atoms with Crippen LogP contribution in [0, 0.1) is 6.92 Å². The summed E-state index contributed by atoms with van der Waals surface area (Å²) in [5.74, 6) is 1.20. The first-order valence-electron chi connectivity index (χ1n) is 9.43. The predicted octanol–water partition coefficient (Wildman–Crippen LogP) is 2.82. The van der Waals surface area contributed by atoms with Gasteiger partial charge in [0.2, 0.25) is 18.6 Å². The first kappa shape index (κ1) is 19.7. The number of amides is 2. The Bertz CT molecular complexity index is 848. The summed E-state index contributed by atoms with van der Waals surface area (Å²) in [6.07, 6.45) is 0.882. The molecule has 6 nitrogen and oxygen atoms in total. The van der Waals surface area contributed by atoms with Crippen LogP contribution in [0.2, 0.25) is 0 Å². The van der Waals surface area contributed by atoms with Crippen molar-refractivity contribution in [3.8, 4) is 11.5 Å². The summed E-state index contributed by atoms with van der Waals surface area (Å²) in [5, 5.41) is 2.63. The van der Waals surface area contributed by atoms with Gasteiger partial charge >= 0.3 is 0 Å². The molecule has 2 aromatic carbocycles. The lowest BCUT2D eigenvalue weighted by atomic mass is 10.1. The van der Waals surface area contributed by atoms with Crippen molar-refractivity contribution in [2.24, 2.45) is 0 Å². The zero-order chi connectivity index (χ0) is 20.1. The maximum Gasteiger partial charge on any atom is 0.242 e. The molecule has 1 N–H and O–H groups in total. The molecule has 0 spiro atoms. The average Bonchev–Trinajstić information content (AvgIpc) is 3.18. The largest absolute Gasteiger partial charge is 0.454 e. The van der Waals surface area contributed by atoms with E-state index in [4.69, 9.17) is 9.47 Å². The lowest BCUT2D eigenvalue weighted by Crippen LogP contribution is -2.46. The van der Waals surface area contributed by atoms with Gasteiger partial charge in [-0.2, -0.15) is 0 Å². The molecule has 0 radical (unpaired) electrons. The number of nitrogens with one attached hydrogen (secondary N) is 1. The molecule has 1 aliphatic heterocycles. The zero-order valence-corrected chi connectivity index (χ0v) is 16.5. The van der Waals surface area contributed by atoms with E-state index in [9.17, 15) is 9.59 Å². The summed E-state index contributed by atoms with van der Waals surface area (Å²) < 4.78 is 10.7. The van der Waals surface area contributed by atoms with Gasteiger partial charge in [0.1, 0.15) is 6.04 Å². The summed E-state index contributed by atoms with van der Waals surface area (Å²) in [6.45, 7) is 4.40. The van der Waals surface area contributed by atoms with Crippen LogP contribution in [0.25, 0.3) is 0 Å². The van der Waals surface area contributed by atoms with Crippen LogP contribution >= 0.6 is 0 Å². The summed E-state index contributed by atoms with van der Waals surface area (Å²) in [7, 11) is 1.58. The number of carbonyl (C=O) groups is 2. The Morgan fingerprint density at radius 1 is 1.07 bits per heavy atom. The SMILES string of the molecule is CNC(=O)C(C)N(Cc1ccc(C)cc1)C(=O)CCc1ccc2c(c1)OCO2. The Morgan fingerprint density at radius 3 is 2.46 bits per heavy atom. The molecular formula is C22H26N2O4. The molecule has 0 aromatic heterocycles. The van der Waals surface area contributed by atoms with E-state index in [1.165, 1.54) is 0 Å². The zero-order valence-electron chi connectivity index (χ0n) is 16.5. The number of ether oxygens (including phenoxy) is 2. The van der Waals surface area contributed by atoms with E-state index in [1.807, 2.05) is 49.4 Å². The van der Waals surface area contributed by atoms with Gasteiger partial charge in [0.05, 0.1) is 0 Å². The second-order valence-corrected chi connectivity index (χ2v) is 6.99. The van der Waals surface area contributed by atoms with Crippen LogP contribution in [-0.4, -0.2) is 36.6 Å². The van der Waals surface area contributed by atoms with Gasteiger partial charge in [-0.1, -0.05) is 35.9 Å². The number of aryl methyl sites for hydroxylation is 2. The molecule has 1 aliphatic rings. The minimum atomic E-state index is -0.546. The number of likely N-dealkylation sites (N-methyl/N-ethyl adjacent to an activating group) is 1. The molecule has 0 saturated heterocycles. The fourth-order valence-corrected chi connectivity index (χ4v) is 3.17. The highest BCUT2D eigenvalue weighted by atomic mass is 16.7. The van der Waals surface area contributed by atoms with Crippen LogP contribution in [0.4, 0.5) is 0 Å². The van der Waals surface area contributed by atoms with Crippen molar-refractivity contribution in [2.45, 2.75) is 39.3 Å². The highest BCUT2D eigenvalue weighted by Crippen LogP contribution is 2.32. The molecule has 0 bridgehead atoms. The highest BCUT2D eigenvalue weighted by molar-refractivity contribution is 5.87. The Hall–Kier alpha value is -3.02. The maximum atomic E-state index is 13.0. The molecule has 0 saturated carbocycles. The minimum absolute atomic E-state index is 0.0608. The van der Waals surface area contributed by atoms with Crippen molar-refractivity contribution in [1.82, 2.24) is 10.2 Å². The van der Waals surface area contributed by atoms with Crippen LogP contribution in [0.3, 0.4) is 0 Å². The van der Waals surface area contributed by atoms with Crippen LogP contribution in [-0.2, 0) is 22.6 Å². The van der Waals surface area contributed by atoms with E-state index >= 15 is 0 Å². The number of hydrogen-bond donors (Lipinski definition) is 1. The molecule has 6 heteroatoms. The van der Waals surface area contributed by atoms with Crippen molar-refractivity contribution in [3.63, 3.8) is 0 Å². The third kappa shape index (κ3) is 4.63. The van der Waals surface area contributed by atoms with Crippen molar-refractivity contribution in [3.05, 3.63) is 59.2 Å². The topological polar surface area (TPSA) is 67.9 Å². The smallest absolute Gasteiger partial charge is 0.242 e. The normalized spacial score (nSPS) is 13.1. The van der Waals surface area contributed by atoms with Gasteiger partial charge in [0.15, 0.2) is 11.5 Å². The van der Waals surface area contributed by atoms with E-state index in [0.717, 1.165) is 22.4 Å². The van der Waals surface area contributed by atoms with Gasteiger partial charge in [-0.3, -0.25) is 9.59 Å². The Labute approximate surface area is 165 Å². The third-order valence-electron chi connectivity index (χ3n) is 4.95. The van der Waals surface area contributed by atoms with Crippen LogP contribution < -0.4 is 14.8 Å². The molecule has 28 heavy (non-hydrogen) atoms. The van der Waals surface area contributed by atoms with E-state index in [1.54, 1.807) is 18.9 Å². The monoisotopic (exact) mass is 382 g/mol. The maximum absolute atomic E-state index is 13.0. The number of hydrogen-bond acceptors (Lipinski definition) is 4. The first-order chi connectivity index (χ1) is 13.5. The van der Waals surface area contributed by atoms with Gasteiger partial charge in [0, 0.05) is 20.0 Å². The van der Waals surface area contributed by atoms with E-state index in [2.05, 4.69) is 5.32 Å². The quantitative estimate of drug-likeness (QED) is 0.800. The second-order valence-electron chi connectivity index (χ2n) is 6.99. The molecule has 1 unspecified atom stereocenters. The summed E-state index contributed by atoms with van der Waals surface area (Å²) in [4.78, 5) is 26.8. The van der Waals surface area contributed by atoms with E-state index in [0.29, 0.717) is 25.1 Å². The van der Waals surface area contributed by atoms with Crippen molar-refractivity contribution in [1.29, 1.82) is 0 Å². The number of carbonyl (C=O) groups excluding carboxylic acids is 2. The molecular weight excluding hydrogens is 356 g/mol. The predicted molar refractivity (Wildman–Crippen MR) is 106 cm³/mol. The Morgan fingerprint density at radius 2 is 1.75 bits per heavy atom. The molecule has 148 valence electrons. The molecule has 2 aromatic rings. The average molecular weight is 382 g/mol. The Balaban J connectivity index is 1.70. The number of nitrogens with zero attached hydrogens (tertiary/aromatic N) is 1. The fraction of sp³-hybridized carbons (Fsp3) is 0.364. The standard InChI is InChI=1S/C22H26N2O4/c1-15-4-6-18(7-5-15)13-24(16(2)22(26)23-3)21(25)11-9-17-8-10-19-20(12-17)28-14-27-19/h4-8,10,12,16H,9,11,13-14H2,1-3H3,(H,23,26). The van der Waals surface area contributed by atoms with E-state index in [-0.39, 0.29) is 18.6 Å². The summed E-state index contributed by atoms with van der Waals surface area (Å²) >= 11 is 0. The molecule has 1 atom stereocenters. The molecule has 0 aliphatic carbocycles. The number of rotatable bonds is 7. The van der Waals surface area contributed by atoms with Crippen LogP contribution in [0.15, 0.2) is 42.5 Å². The molecule has 0 fully saturated rings. The molecule has 3 rings (SSSR count).